The predicted octanol–water partition coefficient (Wildman–Crippen LogP) is -1.40. The zero-order chi connectivity index (χ0) is 14.2. The van der Waals surface area contributed by atoms with Crippen molar-refractivity contribution in [3.8, 4) is 6.07 Å². The number of nitrogens with zero attached hydrogens (tertiary/aromatic N) is 2. The highest BCUT2D eigenvalue weighted by atomic mass is 32.3. The second-order valence-electron chi connectivity index (χ2n) is 4.75. The number of aliphatic hydroxyl groups is 2. The predicted molar refractivity (Wildman–Crippen MR) is 68.5 cm³/mol. The highest BCUT2D eigenvalue weighted by molar-refractivity contribution is 8.38. The Morgan fingerprint density at radius 1 is 1.47 bits per heavy atom. The summed E-state index contributed by atoms with van der Waals surface area (Å²) in [7, 11) is -0.481. The summed E-state index contributed by atoms with van der Waals surface area (Å²) in [6.07, 6.45) is -1.02. The smallest absolute Gasteiger partial charge is 0.117 e. The van der Waals surface area contributed by atoms with E-state index in [-0.39, 0.29) is 13.1 Å². The molecule has 2 fully saturated rings. The van der Waals surface area contributed by atoms with Gasteiger partial charge in [0.2, 0.25) is 0 Å². The molecule has 2 saturated heterocycles. The number of nitrogens with one attached hydrogen (secondary N) is 2. The molecule has 0 aromatic carbocycles. The van der Waals surface area contributed by atoms with Crippen molar-refractivity contribution in [2.45, 2.75) is 29.0 Å². The van der Waals surface area contributed by atoms with Crippen LogP contribution in [0.4, 0.5) is 4.48 Å². The summed E-state index contributed by atoms with van der Waals surface area (Å²) in [6.45, 7) is 0.378. The number of hydrogen-bond acceptors (Lipinski definition) is 7. The number of rotatable bonds is 5. The summed E-state index contributed by atoms with van der Waals surface area (Å²) >= 11 is 0. The summed E-state index contributed by atoms with van der Waals surface area (Å²) in [6, 6.07) is 1.91. The Kier molecular flexibility index (Phi) is 4.32. The molecule has 0 aromatic heterocycles. The molecule has 2 rings (SSSR count). The molecule has 0 spiro atoms. The third-order valence-electron chi connectivity index (χ3n) is 3.66. The first kappa shape index (κ1) is 14.9. The summed E-state index contributed by atoms with van der Waals surface area (Å²) in [4.78, 5) is 0. The quantitative estimate of drug-likeness (QED) is 0.163. The molecular formula is C10H19FN4O3S. The van der Waals surface area contributed by atoms with E-state index in [1.807, 2.05) is 6.07 Å². The Morgan fingerprint density at radius 3 is 2.74 bits per heavy atom. The molecule has 6 atom stereocenters. The number of hydrazine groups is 1. The van der Waals surface area contributed by atoms with Gasteiger partial charge in [-0.15, -0.1) is 14.7 Å². The topological polar surface area (TPSA) is 101 Å². The van der Waals surface area contributed by atoms with Crippen LogP contribution < -0.4 is 10.7 Å². The minimum absolute atomic E-state index is 0.132. The lowest BCUT2D eigenvalue weighted by atomic mass is 10.0. The first-order chi connectivity index (χ1) is 8.98. The lowest BCUT2D eigenvalue weighted by Gasteiger charge is -2.30. The van der Waals surface area contributed by atoms with Gasteiger partial charge in [-0.3, -0.25) is 0 Å². The zero-order valence-corrected chi connectivity index (χ0v) is 11.6. The highest BCUT2D eigenvalue weighted by Crippen LogP contribution is 2.76. The largest absolute Gasteiger partial charge is 0.389 e. The average molecular weight is 294 g/mol. The van der Waals surface area contributed by atoms with Crippen LogP contribution in [0.2, 0.25) is 0 Å². The van der Waals surface area contributed by atoms with Gasteiger partial charge in [-0.25, -0.2) is 5.43 Å². The molecule has 9 heteroatoms. The van der Waals surface area contributed by atoms with Gasteiger partial charge in [-0.1, -0.05) is 0 Å². The lowest BCUT2D eigenvalue weighted by Crippen LogP contribution is -2.51. The molecule has 2 heterocycles. The van der Waals surface area contributed by atoms with E-state index in [0.717, 1.165) is 0 Å². The molecule has 0 aliphatic carbocycles. The molecule has 19 heavy (non-hydrogen) atoms. The molecule has 3 unspecified atom stereocenters. The second-order valence-corrected chi connectivity index (χ2v) is 8.08. The van der Waals surface area contributed by atoms with Crippen molar-refractivity contribution >= 4 is 10.2 Å². The maximum absolute atomic E-state index is 13.8. The molecular weight excluding hydrogens is 275 g/mol. The van der Waals surface area contributed by atoms with Gasteiger partial charge >= 0.3 is 0 Å². The van der Waals surface area contributed by atoms with Gasteiger partial charge in [0.05, 0.1) is 30.1 Å². The normalized spacial score (nSPS) is 48.2. The summed E-state index contributed by atoms with van der Waals surface area (Å²) in [5, 5.41) is 30.9. The molecule has 110 valence electrons. The maximum Gasteiger partial charge on any atom is 0.117 e. The number of aliphatic hydroxyl groups excluding tert-OH is 2. The number of fused-ring (bicyclic) bond motifs is 1. The van der Waals surface area contributed by atoms with E-state index in [2.05, 4.69) is 10.7 Å². The van der Waals surface area contributed by atoms with Crippen LogP contribution in [-0.2, 0) is 4.74 Å². The van der Waals surface area contributed by atoms with E-state index in [9.17, 15) is 14.7 Å². The molecule has 2 aliphatic rings. The molecule has 4 N–H and O–H groups in total. The van der Waals surface area contributed by atoms with E-state index >= 15 is 0 Å². The number of halogens is 1. The van der Waals surface area contributed by atoms with Crippen LogP contribution in [-0.4, -0.2) is 70.2 Å². The van der Waals surface area contributed by atoms with Gasteiger partial charge in [-0.2, -0.15) is 5.26 Å². The van der Waals surface area contributed by atoms with Crippen LogP contribution in [0.5, 0.6) is 0 Å². The third kappa shape index (κ3) is 2.34. The first-order valence-corrected chi connectivity index (χ1v) is 8.09. The van der Waals surface area contributed by atoms with Crippen LogP contribution in [0, 0.1) is 11.3 Å². The molecule has 0 amide bonds. The fourth-order valence-electron chi connectivity index (χ4n) is 2.52. The molecule has 2 aliphatic heterocycles. The Morgan fingerprint density at radius 2 is 2.16 bits per heavy atom. The van der Waals surface area contributed by atoms with E-state index in [1.54, 1.807) is 6.26 Å². The Bertz CT molecular complexity index is 384. The lowest BCUT2D eigenvalue weighted by molar-refractivity contribution is -0.124. The summed E-state index contributed by atoms with van der Waals surface area (Å²) in [5.74, 6) is 0. The molecule has 0 saturated carbocycles. The van der Waals surface area contributed by atoms with Crippen molar-refractivity contribution in [3.63, 3.8) is 0 Å². The van der Waals surface area contributed by atoms with Crippen molar-refractivity contribution in [3.05, 3.63) is 0 Å². The van der Waals surface area contributed by atoms with Gasteiger partial charge < -0.3 is 20.3 Å². The van der Waals surface area contributed by atoms with Crippen LogP contribution in [0.3, 0.4) is 0 Å². The van der Waals surface area contributed by atoms with E-state index in [4.69, 9.17) is 10.00 Å². The van der Waals surface area contributed by atoms with Gasteiger partial charge in [-0.05, 0) is 10.9 Å². The average Bonchev–Trinajstić information content (AvgIpc) is 3.01. The maximum atomic E-state index is 13.8. The fraction of sp³-hybridized carbons (Fsp3) is 0.900. The minimum atomic E-state index is -1.94. The van der Waals surface area contributed by atoms with Crippen LogP contribution in [0.25, 0.3) is 0 Å². The number of hydrogen-bond donors (Lipinski definition) is 4. The van der Waals surface area contributed by atoms with Crippen molar-refractivity contribution in [1.82, 2.24) is 15.4 Å². The van der Waals surface area contributed by atoms with Crippen LogP contribution in [0.15, 0.2) is 0 Å². The van der Waals surface area contributed by atoms with Crippen molar-refractivity contribution < 1.29 is 19.4 Å². The van der Waals surface area contributed by atoms with Crippen molar-refractivity contribution in [1.29, 1.82) is 5.26 Å². The Balaban J connectivity index is 2.02. The van der Waals surface area contributed by atoms with E-state index in [0.29, 0.717) is 4.64 Å². The van der Waals surface area contributed by atoms with Gasteiger partial charge in [0.15, 0.2) is 0 Å². The minimum Gasteiger partial charge on any atom is -0.389 e. The monoisotopic (exact) mass is 294 g/mol. The highest BCUT2D eigenvalue weighted by Gasteiger charge is 2.70. The second kappa shape index (κ2) is 5.49. The van der Waals surface area contributed by atoms with Crippen LogP contribution in [0.1, 0.15) is 0 Å². The van der Waals surface area contributed by atoms with E-state index < -0.39 is 39.2 Å². The molecule has 0 aromatic rings. The van der Waals surface area contributed by atoms with Crippen molar-refractivity contribution in [2.75, 3.05) is 26.4 Å². The number of ether oxygens (including phenoxy) is 1. The Hall–Kier alpha value is -0.470. The first-order valence-electron chi connectivity index (χ1n) is 5.97. The zero-order valence-electron chi connectivity index (χ0n) is 10.8. The fourth-order valence-corrected chi connectivity index (χ4v) is 5.88. The molecule has 0 bridgehead atoms. The Labute approximate surface area is 112 Å². The standard InChI is InChI=1S/C10H19FN4O3S/c1-13-15(11)19(2)9-8(17)7(16)6(18-10(9)19)5-14-4-3-12/h6-10,13-14,16-17H,4-5H2,1-2H3/t6?,7-,8?,9-,10-/m1/s1. The van der Waals surface area contributed by atoms with Gasteiger partial charge in [0, 0.05) is 13.6 Å². The SMILES string of the molecule is CNN(F)S1(C)[C@@H]2C(O)[C@H](O)C(CNCC#N)O[C@@H]21. The number of nitriles is 1. The van der Waals surface area contributed by atoms with Crippen molar-refractivity contribution in [2.24, 2.45) is 0 Å². The summed E-state index contributed by atoms with van der Waals surface area (Å²) < 4.78 is 19.9. The molecule has 7 nitrogen and oxygen atoms in total. The van der Waals surface area contributed by atoms with Gasteiger partial charge in [0.25, 0.3) is 0 Å². The molecule has 0 radical (unpaired) electrons. The van der Waals surface area contributed by atoms with Gasteiger partial charge in [0.1, 0.15) is 11.5 Å². The van der Waals surface area contributed by atoms with Crippen LogP contribution >= 0.6 is 10.2 Å². The van der Waals surface area contributed by atoms with E-state index in [1.165, 1.54) is 7.05 Å². The third-order valence-corrected chi connectivity index (χ3v) is 7.19. The summed E-state index contributed by atoms with van der Waals surface area (Å²) in [5.41, 5.74) is 1.99.